The third kappa shape index (κ3) is 2.02. The van der Waals surface area contributed by atoms with Gasteiger partial charge in [-0.3, -0.25) is 10.4 Å². The first-order valence-electron chi connectivity index (χ1n) is 3.77. The molecule has 3 nitrogen and oxygen atoms in total. The molecule has 0 saturated carbocycles. The molecule has 3 N–H and O–H groups in total. The Bertz CT molecular complexity index is 349. The van der Waals surface area contributed by atoms with E-state index in [2.05, 4.69) is 18.1 Å². The number of hydrogen-bond donors (Lipinski definition) is 2. The van der Waals surface area contributed by atoms with Gasteiger partial charge in [-0.2, -0.15) is 0 Å². The monoisotopic (exact) mass is 173 g/mol. The van der Waals surface area contributed by atoms with Gasteiger partial charge in [0.05, 0.1) is 5.69 Å². The molecule has 66 valence electrons. The summed E-state index contributed by atoms with van der Waals surface area (Å²) >= 11 is 0. The van der Waals surface area contributed by atoms with Gasteiger partial charge < -0.3 is 5.73 Å². The van der Waals surface area contributed by atoms with Crippen LogP contribution in [0.25, 0.3) is 5.57 Å². The van der Waals surface area contributed by atoms with E-state index in [-0.39, 0.29) is 5.84 Å². The van der Waals surface area contributed by atoms with E-state index in [9.17, 15) is 0 Å². The van der Waals surface area contributed by atoms with Gasteiger partial charge in [0.25, 0.3) is 0 Å². The van der Waals surface area contributed by atoms with Crippen molar-refractivity contribution in [2.75, 3.05) is 0 Å². The van der Waals surface area contributed by atoms with Crippen molar-refractivity contribution in [2.24, 2.45) is 5.73 Å². The predicted molar refractivity (Wildman–Crippen MR) is 54.5 cm³/mol. The lowest BCUT2D eigenvalue weighted by molar-refractivity contribution is 1.26. The Morgan fingerprint density at radius 3 is 2.62 bits per heavy atom. The first-order chi connectivity index (χ1) is 6.15. The van der Waals surface area contributed by atoms with Crippen LogP contribution in [0.1, 0.15) is 11.3 Å². The van der Waals surface area contributed by atoms with Crippen molar-refractivity contribution in [2.45, 2.75) is 0 Å². The number of allylic oxidation sites excluding steroid dienone is 2. The molecule has 13 heavy (non-hydrogen) atoms. The molecule has 3 heteroatoms. The van der Waals surface area contributed by atoms with E-state index in [1.807, 2.05) is 0 Å². The molecule has 1 aromatic rings. The summed E-state index contributed by atoms with van der Waals surface area (Å²) < 4.78 is 0. The zero-order valence-electron chi connectivity index (χ0n) is 7.25. The summed E-state index contributed by atoms with van der Waals surface area (Å²) in [7, 11) is 0. The highest BCUT2D eigenvalue weighted by Crippen LogP contribution is 2.09. The van der Waals surface area contributed by atoms with Gasteiger partial charge >= 0.3 is 0 Å². The van der Waals surface area contributed by atoms with E-state index < -0.39 is 0 Å². The number of rotatable bonds is 3. The quantitative estimate of drug-likeness (QED) is 0.414. The Morgan fingerprint density at radius 1 is 1.54 bits per heavy atom. The van der Waals surface area contributed by atoms with Crippen LogP contribution in [-0.2, 0) is 0 Å². The summed E-state index contributed by atoms with van der Waals surface area (Å²) in [4.78, 5) is 4.08. The van der Waals surface area contributed by atoms with Crippen molar-refractivity contribution in [3.8, 4) is 0 Å². The van der Waals surface area contributed by atoms with Crippen molar-refractivity contribution in [3.05, 3.63) is 48.8 Å². The number of nitrogens with two attached hydrogens (primary N) is 1. The first kappa shape index (κ1) is 9.19. The Labute approximate surface area is 77.1 Å². The molecule has 0 bridgehead atoms. The number of aromatic nitrogens is 1. The summed E-state index contributed by atoms with van der Waals surface area (Å²) in [6.45, 7) is 7.34. The smallest absolute Gasteiger partial charge is 0.124 e. The van der Waals surface area contributed by atoms with Crippen molar-refractivity contribution >= 4 is 11.4 Å². The van der Waals surface area contributed by atoms with Gasteiger partial charge in [0, 0.05) is 11.8 Å². The average Bonchev–Trinajstić information content (AvgIpc) is 2.17. The van der Waals surface area contributed by atoms with E-state index >= 15 is 0 Å². The second-order valence-electron chi connectivity index (χ2n) is 2.58. The molecule has 0 aliphatic rings. The highest BCUT2D eigenvalue weighted by molar-refractivity contribution is 5.94. The van der Waals surface area contributed by atoms with E-state index in [1.54, 1.807) is 24.4 Å². The highest BCUT2D eigenvalue weighted by Gasteiger charge is 1.98. The van der Waals surface area contributed by atoms with Crippen LogP contribution in [0.4, 0.5) is 0 Å². The largest absolute Gasteiger partial charge is 0.384 e. The van der Waals surface area contributed by atoms with Crippen LogP contribution in [-0.4, -0.2) is 10.8 Å². The van der Waals surface area contributed by atoms with Gasteiger partial charge in [-0.25, -0.2) is 0 Å². The second kappa shape index (κ2) is 3.67. The molecule has 1 aromatic heterocycles. The molecule has 1 rings (SSSR count). The SMILES string of the molecule is C=CC(=C)c1ccc(C(=N)N)cn1. The molecule has 0 aliphatic heterocycles. The third-order valence-electron chi connectivity index (χ3n) is 1.65. The van der Waals surface area contributed by atoms with Crippen LogP contribution in [0.15, 0.2) is 37.6 Å². The summed E-state index contributed by atoms with van der Waals surface area (Å²) in [5, 5.41) is 7.15. The van der Waals surface area contributed by atoms with Gasteiger partial charge in [-0.1, -0.05) is 19.2 Å². The lowest BCUT2D eigenvalue weighted by atomic mass is 10.1. The summed E-state index contributed by atoms with van der Waals surface area (Å²) in [5.41, 5.74) is 7.39. The molecule has 0 radical (unpaired) electrons. The van der Waals surface area contributed by atoms with Gasteiger partial charge in [0.2, 0.25) is 0 Å². The third-order valence-corrected chi connectivity index (χ3v) is 1.65. The van der Waals surface area contributed by atoms with Crippen molar-refractivity contribution in [1.82, 2.24) is 4.98 Å². The minimum Gasteiger partial charge on any atom is -0.384 e. The number of amidine groups is 1. The van der Waals surface area contributed by atoms with Crippen LogP contribution in [0.3, 0.4) is 0 Å². The zero-order chi connectivity index (χ0) is 9.84. The molecule has 0 amide bonds. The molecule has 0 aromatic carbocycles. The summed E-state index contributed by atoms with van der Waals surface area (Å²) in [6, 6.07) is 3.50. The molecule has 0 aliphatic carbocycles. The maximum absolute atomic E-state index is 7.15. The zero-order valence-corrected chi connectivity index (χ0v) is 7.25. The Morgan fingerprint density at radius 2 is 2.23 bits per heavy atom. The van der Waals surface area contributed by atoms with Gasteiger partial charge in [-0.15, -0.1) is 0 Å². The molecular formula is C10H11N3. The van der Waals surface area contributed by atoms with E-state index in [0.29, 0.717) is 5.56 Å². The Kier molecular flexibility index (Phi) is 2.59. The standard InChI is InChI=1S/C10H11N3/c1-3-7(2)9-5-4-8(6-13-9)10(11)12/h3-6H,1-2H2,(H3,11,12). The van der Waals surface area contributed by atoms with Crippen LogP contribution in [0.5, 0.6) is 0 Å². The summed E-state index contributed by atoms with van der Waals surface area (Å²) in [5.74, 6) is 0.0169. The Hall–Kier alpha value is -1.90. The fraction of sp³-hybridized carbons (Fsp3) is 0. The molecular weight excluding hydrogens is 162 g/mol. The maximum Gasteiger partial charge on any atom is 0.124 e. The lowest BCUT2D eigenvalue weighted by Gasteiger charge is -2.00. The van der Waals surface area contributed by atoms with E-state index in [4.69, 9.17) is 11.1 Å². The normalized spacial score (nSPS) is 9.23. The predicted octanol–water partition coefficient (Wildman–Crippen LogP) is 1.56. The fourth-order valence-electron chi connectivity index (χ4n) is 0.848. The van der Waals surface area contributed by atoms with Crippen molar-refractivity contribution in [3.63, 3.8) is 0 Å². The lowest BCUT2D eigenvalue weighted by Crippen LogP contribution is -2.11. The first-order valence-corrected chi connectivity index (χ1v) is 3.77. The average molecular weight is 173 g/mol. The minimum atomic E-state index is 0.0169. The fourth-order valence-corrected chi connectivity index (χ4v) is 0.848. The van der Waals surface area contributed by atoms with Crippen LogP contribution in [0.2, 0.25) is 0 Å². The van der Waals surface area contributed by atoms with Crippen molar-refractivity contribution in [1.29, 1.82) is 5.41 Å². The second-order valence-corrected chi connectivity index (χ2v) is 2.58. The van der Waals surface area contributed by atoms with Gasteiger partial charge in [0.15, 0.2) is 0 Å². The molecule has 0 fully saturated rings. The van der Waals surface area contributed by atoms with Gasteiger partial charge in [-0.05, 0) is 17.7 Å². The molecule has 0 unspecified atom stereocenters. The highest BCUT2D eigenvalue weighted by atomic mass is 14.7. The number of hydrogen-bond acceptors (Lipinski definition) is 2. The molecule has 0 spiro atoms. The maximum atomic E-state index is 7.15. The van der Waals surface area contributed by atoms with E-state index in [1.165, 1.54) is 0 Å². The van der Waals surface area contributed by atoms with Crippen LogP contribution in [0, 0.1) is 5.41 Å². The number of nitrogens with zero attached hydrogens (tertiary/aromatic N) is 1. The van der Waals surface area contributed by atoms with Gasteiger partial charge in [0.1, 0.15) is 5.84 Å². The minimum absolute atomic E-state index is 0.0169. The number of nitrogens with one attached hydrogen (secondary N) is 1. The molecule has 1 heterocycles. The molecule has 0 saturated heterocycles. The van der Waals surface area contributed by atoms with Crippen molar-refractivity contribution < 1.29 is 0 Å². The van der Waals surface area contributed by atoms with E-state index in [0.717, 1.165) is 11.3 Å². The van der Waals surface area contributed by atoms with Crippen LogP contribution >= 0.6 is 0 Å². The Balaban J connectivity index is 3.00. The number of pyridine rings is 1. The topological polar surface area (TPSA) is 62.8 Å². The summed E-state index contributed by atoms with van der Waals surface area (Å²) in [6.07, 6.45) is 3.18. The number of nitrogen functional groups attached to an aromatic ring is 1. The van der Waals surface area contributed by atoms with Crippen LogP contribution < -0.4 is 5.73 Å². The molecule has 0 atom stereocenters.